The third-order valence-electron chi connectivity index (χ3n) is 6.01. The second kappa shape index (κ2) is 8.58. The fourth-order valence-electron chi connectivity index (χ4n) is 3.99. The van der Waals surface area contributed by atoms with Crippen LogP contribution in [0.3, 0.4) is 0 Å². The summed E-state index contributed by atoms with van der Waals surface area (Å²) >= 11 is 0. The number of carbonyl (C=O) groups excluding carboxylic acids is 2. The molecule has 174 valence electrons. The van der Waals surface area contributed by atoms with E-state index in [0.29, 0.717) is 62.1 Å². The van der Waals surface area contributed by atoms with Crippen molar-refractivity contribution in [3.63, 3.8) is 0 Å². The van der Waals surface area contributed by atoms with Crippen LogP contribution in [-0.2, 0) is 14.8 Å². The van der Waals surface area contributed by atoms with Crippen LogP contribution < -0.4 is 14.2 Å². The molecule has 1 saturated heterocycles. The van der Waals surface area contributed by atoms with Gasteiger partial charge in [0, 0.05) is 49.4 Å². The second-order valence-corrected chi connectivity index (χ2v) is 10.1. The summed E-state index contributed by atoms with van der Waals surface area (Å²) in [6.07, 6.45) is 1.95. The van der Waals surface area contributed by atoms with E-state index in [4.69, 9.17) is 9.47 Å². The number of hydrogen-bond acceptors (Lipinski definition) is 6. The van der Waals surface area contributed by atoms with E-state index in [1.807, 2.05) is 4.90 Å². The third-order valence-corrected chi connectivity index (χ3v) is 7.39. The summed E-state index contributed by atoms with van der Waals surface area (Å²) in [7, 11) is -3.84. The van der Waals surface area contributed by atoms with Crippen molar-refractivity contribution in [3.8, 4) is 11.5 Å². The molecule has 0 atom stereocenters. The Balaban J connectivity index is 1.21. The number of amides is 2. The summed E-state index contributed by atoms with van der Waals surface area (Å²) in [5.41, 5.74) is 0.820. The number of sulfonamides is 1. The molecule has 1 N–H and O–H groups in total. The van der Waals surface area contributed by atoms with E-state index in [1.165, 1.54) is 12.1 Å². The highest BCUT2D eigenvalue weighted by Crippen LogP contribution is 2.33. The maximum atomic E-state index is 12.8. The Morgan fingerprint density at radius 2 is 1.48 bits per heavy atom. The fourth-order valence-corrected chi connectivity index (χ4v) is 5.06. The first-order valence-corrected chi connectivity index (χ1v) is 12.5. The number of piperazine rings is 1. The second-order valence-electron chi connectivity index (χ2n) is 8.38. The van der Waals surface area contributed by atoms with Gasteiger partial charge < -0.3 is 19.3 Å². The van der Waals surface area contributed by atoms with Crippen molar-refractivity contribution < 1.29 is 27.5 Å². The van der Waals surface area contributed by atoms with E-state index in [-0.39, 0.29) is 22.6 Å². The first-order chi connectivity index (χ1) is 15.9. The molecule has 9 nitrogen and oxygen atoms in total. The predicted octanol–water partition coefficient (Wildman–Crippen LogP) is 1.95. The molecule has 1 aliphatic carbocycles. The van der Waals surface area contributed by atoms with Crippen LogP contribution in [0.4, 0.5) is 5.69 Å². The molecular formula is C23H25N3O6S. The van der Waals surface area contributed by atoms with Gasteiger partial charge in [-0.3, -0.25) is 14.3 Å². The Bertz CT molecular complexity index is 1170. The summed E-state index contributed by atoms with van der Waals surface area (Å²) in [5, 5.41) is 0. The molecular weight excluding hydrogens is 446 g/mol. The molecule has 2 aromatic carbocycles. The van der Waals surface area contributed by atoms with Gasteiger partial charge in [-0.15, -0.1) is 0 Å². The van der Waals surface area contributed by atoms with Gasteiger partial charge in [-0.1, -0.05) is 0 Å². The molecule has 10 heteroatoms. The van der Waals surface area contributed by atoms with Gasteiger partial charge in [-0.2, -0.15) is 0 Å². The minimum absolute atomic E-state index is 0.0607. The van der Waals surface area contributed by atoms with Crippen LogP contribution in [0.1, 0.15) is 23.2 Å². The monoisotopic (exact) mass is 471 g/mol. The number of nitrogens with zero attached hydrogens (tertiary/aromatic N) is 2. The van der Waals surface area contributed by atoms with E-state index >= 15 is 0 Å². The third kappa shape index (κ3) is 4.61. The lowest BCUT2D eigenvalue weighted by Gasteiger charge is -2.35. The van der Waals surface area contributed by atoms with Crippen LogP contribution in [0.25, 0.3) is 0 Å². The molecule has 2 heterocycles. The highest BCUT2D eigenvalue weighted by atomic mass is 32.2. The minimum Gasteiger partial charge on any atom is -0.486 e. The summed E-state index contributed by atoms with van der Waals surface area (Å²) in [4.78, 5) is 28.7. The largest absolute Gasteiger partial charge is 0.486 e. The first kappa shape index (κ1) is 21.6. The van der Waals surface area contributed by atoms with E-state index in [1.54, 1.807) is 35.2 Å². The Morgan fingerprint density at radius 3 is 2.15 bits per heavy atom. The average molecular weight is 472 g/mol. The van der Waals surface area contributed by atoms with Crippen molar-refractivity contribution in [2.45, 2.75) is 17.7 Å². The molecule has 0 aromatic heterocycles. The van der Waals surface area contributed by atoms with Crippen LogP contribution >= 0.6 is 0 Å². The zero-order chi connectivity index (χ0) is 23.0. The maximum absolute atomic E-state index is 12.8. The van der Waals surface area contributed by atoms with Crippen molar-refractivity contribution in [1.29, 1.82) is 0 Å². The summed E-state index contributed by atoms with van der Waals surface area (Å²) in [6, 6.07) is 10.8. The Hall–Kier alpha value is -3.27. The maximum Gasteiger partial charge on any atom is 0.262 e. The standard InChI is InChI=1S/C23H25N3O6S/c27-22(16-1-2-16)25-9-11-26(12-10-25)23(28)17-3-5-18(6-4-17)24-33(29,30)19-7-8-20-21(15-19)32-14-13-31-20/h3-8,15-16,24H,1-2,9-14H2. The van der Waals surface area contributed by atoms with Crippen LogP contribution in [0, 0.1) is 5.92 Å². The van der Waals surface area contributed by atoms with Gasteiger partial charge in [-0.25, -0.2) is 8.42 Å². The number of rotatable bonds is 5. The normalized spacial score (nSPS) is 18.1. The highest BCUT2D eigenvalue weighted by molar-refractivity contribution is 7.92. The molecule has 1 saturated carbocycles. The molecule has 2 fully saturated rings. The predicted molar refractivity (Wildman–Crippen MR) is 120 cm³/mol. The van der Waals surface area contributed by atoms with Gasteiger partial charge in [0.15, 0.2) is 11.5 Å². The Labute approximate surface area is 192 Å². The lowest BCUT2D eigenvalue weighted by molar-refractivity contribution is -0.134. The van der Waals surface area contributed by atoms with Crippen LogP contribution in [0.5, 0.6) is 11.5 Å². The fraction of sp³-hybridized carbons (Fsp3) is 0.391. The van der Waals surface area contributed by atoms with Crippen molar-refractivity contribution in [3.05, 3.63) is 48.0 Å². The number of benzene rings is 2. The van der Waals surface area contributed by atoms with E-state index in [0.717, 1.165) is 12.8 Å². The summed E-state index contributed by atoms with van der Waals surface area (Å²) in [6.45, 7) is 2.89. The van der Waals surface area contributed by atoms with E-state index in [9.17, 15) is 18.0 Å². The topological polar surface area (TPSA) is 105 Å². The van der Waals surface area contributed by atoms with Gasteiger partial charge in [-0.05, 0) is 49.2 Å². The van der Waals surface area contributed by atoms with E-state index < -0.39 is 10.0 Å². The van der Waals surface area contributed by atoms with Crippen LogP contribution in [-0.4, -0.2) is 69.4 Å². The van der Waals surface area contributed by atoms with Crippen molar-refractivity contribution >= 4 is 27.5 Å². The number of hydrogen-bond donors (Lipinski definition) is 1. The molecule has 0 bridgehead atoms. The minimum atomic E-state index is -3.84. The zero-order valence-electron chi connectivity index (χ0n) is 18.0. The molecule has 33 heavy (non-hydrogen) atoms. The van der Waals surface area contributed by atoms with Gasteiger partial charge in [0.25, 0.3) is 15.9 Å². The molecule has 0 spiro atoms. The van der Waals surface area contributed by atoms with Crippen molar-refractivity contribution in [2.24, 2.45) is 5.92 Å². The number of anilines is 1. The lowest BCUT2D eigenvalue weighted by atomic mass is 10.1. The van der Waals surface area contributed by atoms with Crippen LogP contribution in [0.2, 0.25) is 0 Å². The van der Waals surface area contributed by atoms with Gasteiger partial charge >= 0.3 is 0 Å². The van der Waals surface area contributed by atoms with Crippen molar-refractivity contribution in [2.75, 3.05) is 44.1 Å². The highest BCUT2D eigenvalue weighted by Gasteiger charge is 2.35. The molecule has 2 aliphatic heterocycles. The van der Waals surface area contributed by atoms with Gasteiger partial charge in [0.05, 0.1) is 4.90 Å². The first-order valence-electron chi connectivity index (χ1n) is 11.0. The van der Waals surface area contributed by atoms with E-state index in [2.05, 4.69) is 4.72 Å². The number of carbonyl (C=O) groups is 2. The molecule has 2 amide bonds. The lowest BCUT2D eigenvalue weighted by Crippen LogP contribution is -2.51. The van der Waals surface area contributed by atoms with Gasteiger partial charge in [0.2, 0.25) is 5.91 Å². The van der Waals surface area contributed by atoms with Crippen molar-refractivity contribution in [1.82, 2.24) is 9.80 Å². The molecule has 5 rings (SSSR count). The summed E-state index contributed by atoms with van der Waals surface area (Å²) < 4.78 is 39.0. The molecule has 2 aromatic rings. The number of nitrogens with one attached hydrogen (secondary N) is 1. The SMILES string of the molecule is O=C(c1ccc(NS(=O)(=O)c2ccc3c(c2)OCCO3)cc1)N1CCN(C(=O)C2CC2)CC1. The quantitative estimate of drug-likeness (QED) is 0.715. The number of ether oxygens (including phenoxy) is 2. The molecule has 0 radical (unpaired) electrons. The van der Waals surface area contributed by atoms with Gasteiger partial charge in [0.1, 0.15) is 13.2 Å². The smallest absolute Gasteiger partial charge is 0.262 e. The summed E-state index contributed by atoms with van der Waals surface area (Å²) in [5.74, 6) is 1.17. The van der Waals surface area contributed by atoms with Crippen LogP contribution in [0.15, 0.2) is 47.4 Å². The zero-order valence-corrected chi connectivity index (χ0v) is 18.8. The Morgan fingerprint density at radius 1 is 0.848 bits per heavy atom. The molecule has 0 unspecified atom stereocenters. The molecule has 3 aliphatic rings. The average Bonchev–Trinajstić information content (AvgIpc) is 3.69. The Kier molecular flexibility index (Phi) is 5.61. The number of fused-ring (bicyclic) bond motifs is 1.